The molecule has 5 saturated carbocycles. The third-order valence-electron chi connectivity index (χ3n) is 12.1. The van der Waals surface area contributed by atoms with Crippen molar-refractivity contribution in [2.24, 2.45) is 17.8 Å². The van der Waals surface area contributed by atoms with Gasteiger partial charge in [-0.2, -0.15) is 0 Å². The molecule has 3 aromatic carbocycles. The van der Waals surface area contributed by atoms with Crippen LogP contribution in [0.2, 0.25) is 10.0 Å². The molecule has 51 heavy (non-hydrogen) atoms. The van der Waals surface area contributed by atoms with Crippen LogP contribution in [0.25, 0.3) is 0 Å². The maximum atomic E-state index is 14.7. The zero-order valence-corrected chi connectivity index (χ0v) is 31.7. The topological polar surface area (TPSA) is 86.8 Å². The molecule has 7 nitrogen and oxygen atoms in total. The number of nitrogens with zero attached hydrogens (tertiary/aromatic N) is 2. The molecule has 0 radical (unpaired) electrons. The van der Waals surface area contributed by atoms with Crippen molar-refractivity contribution >= 4 is 50.7 Å². The van der Waals surface area contributed by atoms with Crippen molar-refractivity contribution in [2.75, 3.05) is 17.1 Å². The van der Waals surface area contributed by atoms with Crippen LogP contribution in [-0.2, 0) is 38.0 Å². The van der Waals surface area contributed by atoms with Crippen LogP contribution in [0.4, 0.5) is 5.69 Å². The van der Waals surface area contributed by atoms with Gasteiger partial charge >= 0.3 is 0 Å². The summed E-state index contributed by atoms with van der Waals surface area (Å²) in [6, 6.07) is 21.7. The number of benzene rings is 3. The molecule has 0 aliphatic heterocycles. The molecule has 0 unspecified atom stereocenters. The first kappa shape index (κ1) is 36.3. The van der Waals surface area contributed by atoms with Crippen LogP contribution >= 0.6 is 23.2 Å². The number of hydrogen-bond donors (Lipinski definition) is 1. The molecule has 0 spiro atoms. The lowest BCUT2D eigenvalue weighted by molar-refractivity contribution is -0.140. The third-order valence-corrected chi connectivity index (χ3v) is 13.8. The lowest BCUT2D eigenvalue weighted by atomic mass is 9.48. The van der Waals surface area contributed by atoms with Crippen molar-refractivity contribution < 1.29 is 18.0 Å². The molecule has 8 rings (SSSR count). The fourth-order valence-corrected chi connectivity index (χ4v) is 11.3. The number of amides is 2. The zero-order chi connectivity index (χ0) is 35.8. The van der Waals surface area contributed by atoms with Crippen molar-refractivity contribution in [1.82, 2.24) is 10.2 Å². The number of rotatable bonds is 12. The van der Waals surface area contributed by atoms with E-state index in [9.17, 15) is 18.0 Å². The number of sulfonamides is 1. The molecular weight excluding hydrogens is 701 g/mol. The normalized spacial score (nSPS) is 25.0. The van der Waals surface area contributed by atoms with Gasteiger partial charge in [-0.05, 0) is 115 Å². The fourth-order valence-electron chi connectivity index (χ4n) is 9.99. The van der Waals surface area contributed by atoms with E-state index in [0.29, 0.717) is 21.3 Å². The van der Waals surface area contributed by atoms with Gasteiger partial charge in [-0.15, -0.1) is 0 Å². The first-order valence-corrected chi connectivity index (χ1v) is 21.2. The second-order valence-electron chi connectivity index (χ2n) is 15.8. The van der Waals surface area contributed by atoms with Gasteiger partial charge in [-0.25, -0.2) is 8.42 Å². The van der Waals surface area contributed by atoms with Gasteiger partial charge in [0.05, 0.1) is 11.9 Å². The van der Waals surface area contributed by atoms with Gasteiger partial charge < -0.3 is 10.2 Å². The Morgan fingerprint density at radius 2 is 1.49 bits per heavy atom. The lowest BCUT2D eigenvalue weighted by Gasteiger charge is -2.57. The molecule has 1 atom stereocenters. The fraction of sp³-hybridized carbons (Fsp3) is 0.512. The Morgan fingerprint density at radius 3 is 2.08 bits per heavy atom. The van der Waals surface area contributed by atoms with Gasteiger partial charge in [-0.3, -0.25) is 13.9 Å². The van der Waals surface area contributed by atoms with Gasteiger partial charge in [0.2, 0.25) is 21.8 Å². The molecule has 272 valence electrons. The van der Waals surface area contributed by atoms with Crippen molar-refractivity contribution in [3.8, 4) is 0 Å². The Hall–Kier alpha value is -3.07. The van der Waals surface area contributed by atoms with Gasteiger partial charge in [0, 0.05) is 29.1 Å². The standard InChI is InChI=1S/C41H49Cl2N3O4S/c1-51(49,50)46(36-16-13-33(14-17-36)41-23-29-18-30(24-41)20-31(19-29)25-41)27-39(47)45(26-32-12-15-34(42)22-37(32)43)38(21-28-8-4-2-5-9-28)40(48)44-35-10-6-3-7-11-35/h2,4-5,8-9,12-17,22,29-31,35,38H,3,6-7,10-11,18-21,23-27H2,1H3,(H,44,48)/t29?,30?,31?,38-,41?/m1/s1. The summed E-state index contributed by atoms with van der Waals surface area (Å²) in [5, 5.41) is 4.06. The number of nitrogens with one attached hydrogen (secondary N) is 1. The van der Waals surface area contributed by atoms with Crippen LogP contribution < -0.4 is 9.62 Å². The highest BCUT2D eigenvalue weighted by molar-refractivity contribution is 7.92. The van der Waals surface area contributed by atoms with Gasteiger partial charge in [0.25, 0.3) is 0 Å². The largest absolute Gasteiger partial charge is 0.352 e. The van der Waals surface area contributed by atoms with E-state index in [4.69, 9.17) is 23.2 Å². The minimum Gasteiger partial charge on any atom is -0.352 e. The molecule has 1 N–H and O–H groups in total. The summed E-state index contributed by atoms with van der Waals surface area (Å²) in [5.41, 5.74) is 3.40. The van der Waals surface area contributed by atoms with Crippen molar-refractivity contribution in [3.63, 3.8) is 0 Å². The van der Waals surface area contributed by atoms with E-state index in [1.165, 1.54) is 53.3 Å². The van der Waals surface area contributed by atoms with Crippen LogP contribution in [-0.4, -0.2) is 50.0 Å². The average Bonchev–Trinajstić information content (AvgIpc) is 3.09. The second kappa shape index (κ2) is 15.1. The van der Waals surface area contributed by atoms with E-state index in [2.05, 4.69) is 17.4 Å². The smallest absolute Gasteiger partial charge is 0.244 e. The molecule has 5 aliphatic carbocycles. The molecule has 5 aliphatic rings. The number of carbonyl (C=O) groups excluding carboxylic acids is 2. The highest BCUT2D eigenvalue weighted by Gasteiger charge is 2.51. The molecule has 3 aromatic rings. The van der Waals surface area contributed by atoms with Gasteiger partial charge in [0.15, 0.2) is 0 Å². The van der Waals surface area contributed by atoms with E-state index in [0.717, 1.165) is 61.7 Å². The Bertz CT molecular complexity index is 1790. The first-order chi connectivity index (χ1) is 24.5. The monoisotopic (exact) mass is 749 g/mol. The minimum atomic E-state index is -3.88. The van der Waals surface area contributed by atoms with Gasteiger partial charge in [-0.1, -0.05) is 91.0 Å². The van der Waals surface area contributed by atoms with Crippen molar-refractivity contribution in [1.29, 1.82) is 0 Å². The Labute approximate surface area is 313 Å². The highest BCUT2D eigenvalue weighted by Crippen LogP contribution is 2.60. The number of carbonyl (C=O) groups is 2. The van der Waals surface area contributed by atoms with Crippen LogP contribution in [0.5, 0.6) is 0 Å². The molecule has 5 fully saturated rings. The Morgan fingerprint density at radius 1 is 0.863 bits per heavy atom. The average molecular weight is 751 g/mol. The number of halogens is 2. The molecule has 2 amide bonds. The summed E-state index contributed by atoms with van der Waals surface area (Å²) in [4.78, 5) is 30.4. The van der Waals surface area contributed by atoms with E-state index in [1.54, 1.807) is 18.2 Å². The Kier molecular flexibility index (Phi) is 10.8. The molecule has 0 aromatic heterocycles. The summed E-state index contributed by atoms with van der Waals surface area (Å²) in [5.74, 6) is 1.63. The second-order valence-corrected chi connectivity index (χ2v) is 18.6. The van der Waals surface area contributed by atoms with Crippen molar-refractivity contribution in [2.45, 2.75) is 101 Å². The molecular formula is C41H49Cl2N3O4S. The first-order valence-electron chi connectivity index (χ1n) is 18.6. The summed E-state index contributed by atoms with van der Waals surface area (Å²) in [6.45, 7) is -0.449. The maximum absolute atomic E-state index is 14.7. The van der Waals surface area contributed by atoms with Gasteiger partial charge in [0.1, 0.15) is 12.6 Å². The third kappa shape index (κ3) is 8.29. The summed E-state index contributed by atoms with van der Waals surface area (Å²) in [7, 11) is -3.88. The summed E-state index contributed by atoms with van der Waals surface area (Å²) < 4.78 is 28.1. The SMILES string of the molecule is CS(=O)(=O)N(CC(=O)N(Cc1ccc(Cl)cc1Cl)[C@H](Cc1ccccc1)C(=O)NC1CCCCC1)c1ccc(C23CC4CC(CC(C4)C2)C3)cc1. The quantitative estimate of drug-likeness (QED) is 0.202. The van der Waals surface area contributed by atoms with Crippen LogP contribution in [0.3, 0.4) is 0 Å². The summed E-state index contributed by atoms with van der Waals surface area (Å²) in [6.07, 6.45) is 14.1. The van der Waals surface area contributed by atoms with Crippen LogP contribution in [0, 0.1) is 17.8 Å². The lowest BCUT2D eigenvalue weighted by Crippen LogP contribution is -2.55. The predicted molar refractivity (Wildman–Crippen MR) is 204 cm³/mol. The number of hydrogen-bond acceptors (Lipinski definition) is 4. The van der Waals surface area contributed by atoms with Crippen LogP contribution in [0.1, 0.15) is 87.3 Å². The Balaban J connectivity index is 1.20. The molecule has 10 heteroatoms. The van der Waals surface area contributed by atoms with E-state index >= 15 is 0 Å². The van der Waals surface area contributed by atoms with E-state index in [1.807, 2.05) is 42.5 Å². The maximum Gasteiger partial charge on any atom is 0.244 e. The number of anilines is 1. The van der Waals surface area contributed by atoms with Crippen LogP contribution in [0.15, 0.2) is 72.8 Å². The van der Waals surface area contributed by atoms with E-state index < -0.39 is 28.5 Å². The zero-order valence-electron chi connectivity index (χ0n) is 29.4. The molecule has 0 heterocycles. The van der Waals surface area contributed by atoms with Crippen molar-refractivity contribution in [3.05, 3.63) is 99.5 Å². The molecule has 0 saturated heterocycles. The van der Waals surface area contributed by atoms with E-state index in [-0.39, 0.29) is 30.3 Å². The molecule has 4 bridgehead atoms. The highest BCUT2D eigenvalue weighted by atomic mass is 35.5. The minimum absolute atomic E-state index is 0.00693. The predicted octanol–water partition coefficient (Wildman–Crippen LogP) is 8.32. The summed E-state index contributed by atoms with van der Waals surface area (Å²) >= 11 is 12.9.